The summed E-state index contributed by atoms with van der Waals surface area (Å²) in [5, 5.41) is 0. The monoisotopic (exact) mass is 378 g/mol. The smallest absolute Gasteiger partial charge is 0.124 e. The van der Waals surface area contributed by atoms with E-state index in [1.54, 1.807) is 6.07 Å². The molecule has 0 heterocycles. The van der Waals surface area contributed by atoms with E-state index in [9.17, 15) is 4.39 Å². The molecule has 0 nitrogen and oxygen atoms in total. The molecule has 0 saturated carbocycles. The number of rotatable bonds is 1. The second-order valence-electron chi connectivity index (χ2n) is 3.78. The maximum atomic E-state index is 13.3. The van der Waals surface area contributed by atoms with E-state index in [-0.39, 0.29) is 5.82 Å². The van der Waals surface area contributed by atoms with Crippen LogP contribution in [0, 0.1) is 17.7 Å². The first-order valence-corrected chi connectivity index (χ1v) is 7.13. The minimum absolute atomic E-state index is 0.291. The number of hydrogen-bond donors (Lipinski definition) is 0. The second-order valence-corrected chi connectivity index (χ2v) is 6.55. The van der Waals surface area contributed by atoms with E-state index in [1.807, 2.05) is 36.4 Å². The van der Waals surface area contributed by atoms with E-state index in [0.717, 1.165) is 14.5 Å². The fourth-order valence-corrected chi connectivity index (χ4v) is 2.03. The van der Waals surface area contributed by atoms with Crippen LogP contribution < -0.4 is 0 Å². The normalized spacial score (nSPS) is 9.42. The number of halogens is 3. The highest BCUT2D eigenvalue weighted by Gasteiger charge is 2.00. The van der Waals surface area contributed by atoms with Gasteiger partial charge in [0.1, 0.15) is 5.82 Å². The molecule has 0 aliphatic carbocycles. The lowest BCUT2D eigenvalue weighted by Gasteiger charge is -1.99. The third kappa shape index (κ3) is 4.34. The molecule has 0 N–H and O–H groups in total. The zero-order valence-corrected chi connectivity index (χ0v) is 13.0. The van der Waals surface area contributed by atoms with Crippen LogP contribution in [0.4, 0.5) is 4.39 Å². The van der Waals surface area contributed by atoms with E-state index in [0.29, 0.717) is 5.56 Å². The van der Waals surface area contributed by atoms with E-state index in [2.05, 4.69) is 43.7 Å². The Kier molecular flexibility index (Phi) is 4.95. The average Bonchev–Trinajstić information content (AvgIpc) is 2.40. The third-order valence-electron chi connectivity index (χ3n) is 2.40. The van der Waals surface area contributed by atoms with Gasteiger partial charge in [0, 0.05) is 11.1 Å². The van der Waals surface area contributed by atoms with Crippen molar-refractivity contribution in [3.8, 4) is 11.8 Å². The van der Waals surface area contributed by atoms with Crippen LogP contribution in [0.5, 0.6) is 0 Å². The van der Waals surface area contributed by atoms with Crippen molar-refractivity contribution in [1.29, 1.82) is 0 Å². The Hall–Kier alpha value is -1.37. The summed E-state index contributed by atoms with van der Waals surface area (Å²) in [5.74, 6) is 5.73. The molecule has 0 saturated heterocycles. The summed E-state index contributed by atoms with van der Waals surface area (Å²) in [5.41, 5.74) is 2.41. The third-order valence-corrected chi connectivity index (χ3v) is 2.85. The van der Waals surface area contributed by atoms with E-state index < -0.39 is 0 Å². The molecule has 2 aromatic rings. The van der Waals surface area contributed by atoms with Crippen molar-refractivity contribution < 1.29 is 4.39 Å². The van der Waals surface area contributed by atoms with Gasteiger partial charge in [-0.2, -0.15) is 0 Å². The maximum absolute atomic E-state index is 13.3. The van der Waals surface area contributed by atoms with Crippen LogP contribution in [0.25, 0.3) is 6.08 Å². The quantitative estimate of drug-likeness (QED) is 0.588. The molecule has 0 bridgehead atoms. The van der Waals surface area contributed by atoms with Crippen molar-refractivity contribution in [3.63, 3.8) is 0 Å². The Morgan fingerprint density at radius 1 is 1.00 bits per heavy atom. The van der Waals surface area contributed by atoms with Gasteiger partial charge in [0.2, 0.25) is 0 Å². The van der Waals surface area contributed by atoms with E-state index >= 15 is 0 Å². The van der Waals surface area contributed by atoms with Crippen LogP contribution in [-0.4, -0.2) is 0 Å². The minimum atomic E-state index is -0.291. The van der Waals surface area contributed by atoms with Gasteiger partial charge in [0.05, 0.1) is 3.39 Å². The van der Waals surface area contributed by atoms with E-state index in [1.165, 1.54) is 12.1 Å². The first kappa shape index (κ1) is 14.0. The van der Waals surface area contributed by atoms with Crippen molar-refractivity contribution in [2.45, 2.75) is 0 Å². The lowest BCUT2D eigenvalue weighted by Crippen LogP contribution is -1.85. The maximum Gasteiger partial charge on any atom is 0.124 e. The fraction of sp³-hybridized carbons (Fsp3) is 0. The summed E-state index contributed by atoms with van der Waals surface area (Å²) in [7, 11) is 0. The van der Waals surface area contributed by atoms with Crippen molar-refractivity contribution >= 4 is 37.9 Å². The van der Waals surface area contributed by atoms with Crippen LogP contribution in [-0.2, 0) is 0 Å². The van der Waals surface area contributed by atoms with Gasteiger partial charge in [-0.25, -0.2) is 4.39 Å². The van der Waals surface area contributed by atoms with Gasteiger partial charge in [-0.05, 0) is 67.8 Å². The van der Waals surface area contributed by atoms with Gasteiger partial charge in [-0.3, -0.25) is 0 Å². The highest BCUT2D eigenvalue weighted by atomic mass is 79.9. The van der Waals surface area contributed by atoms with Crippen molar-refractivity contribution in [3.05, 3.63) is 74.4 Å². The molecule has 3 heteroatoms. The molecule has 19 heavy (non-hydrogen) atoms. The summed E-state index contributed by atoms with van der Waals surface area (Å²) in [6, 6.07) is 14.2. The molecule has 94 valence electrons. The highest BCUT2D eigenvalue weighted by molar-refractivity contribution is 9.28. The van der Waals surface area contributed by atoms with Crippen molar-refractivity contribution in [1.82, 2.24) is 0 Å². The molecule has 0 amide bonds. The van der Waals surface area contributed by atoms with Gasteiger partial charge >= 0.3 is 0 Å². The lowest BCUT2D eigenvalue weighted by atomic mass is 10.1. The van der Waals surface area contributed by atoms with Crippen LogP contribution >= 0.6 is 31.9 Å². The Balaban J connectivity index is 2.42. The number of benzene rings is 2. The summed E-state index contributed by atoms with van der Waals surface area (Å²) in [6.45, 7) is 0. The summed E-state index contributed by atoms with van der Waals surface area (Å²) in [4.78, 5) is 0. The van der Waals surface area contributed by atoms with E-state index in [4.69, 9.17) is 0 Å². The van der Waals surface area contributed by atoms with Crippen LogP contribution in [0.1, 0.15) is 16.7 Å². The van der Waals surface area contributed by atoms with Gasteiger partial charge in [-0.1, -0.05) is 36.1 Å². The Morgan fingerprint density at radius 2 is 1.74 bits per heavy atom. The first-order chi connectivity index (χ1) is 9.15. The molecule has 0 aromatic heterocycles. The van der Waals surface area contributed by atoms with Gasteiger partial charge < -0.3 is 0 Å². The van der Waals surface area contributed by atoms with Crippen LogP contribution in [0.15, 0.2) is 51.9 Å². The Bertz CT molecular complexity index is 660. The molecule has 0 aliphatic heterocycles. The highest BCUT2D eigenvalue weighted by Crippen LogP contribution is 2.21. The van der Waals surface area contributed by atoms with Gasteiger partial charge in [-0.15, -0.1) is 0 Å². The minimum Gasteiger partial charge on any atom is -0.207 e. The topological polar surface area (TPSA) is 0 Å². The largest absolute Gasteiger partial charge is 0.207 e. The van der Waals surface area contributed by atoms with Crippen molar-refractivity contribution in [2.75, 3.05) is 0 Å². The molecule has 0 spiro atoms. The molecule has 0 aliphatic rings. The molecule has 2 aromatic carbocycles. The fourth-order valence-electron chi connectivity index (χ4n) is 1.54. The van der Waals surface area contributed by atoms with Crippen LogP contribution in [0.2, 0.25) is 0 Å². The Labute approximate surface area is 128 Å². The average molecular weight is 380 g/mol. The van der Waals surface area contributed by atoms with Crippen molar-refractivity contribution in [2.24, 2.45) is 0 Å². The second kappa shape index (κ2) is 6.70. The van der Waals surface area contributed by atoms with Crippen LogP contribution in [0.3, 0.4) is 0 Å². The van der Waals surface area contributed by atoms with Gasteiger partial charge in [0.15, 0.2) is 0 Å². The molecule has 2 rings (SSSR count). The molecule has 0 unspecified atom stereocenters. The summed E-state index contributed by atoms with van der Waals surface area (Å²) < 4.78 is 14.1. The number of hydrogen-bond acceptors (Lipinski definition) is 0. The molecular weight excluding hydrogens is 371 g/mol. The zero-order valence-electron chi connectivity index (χ0n) is 9.83. The first-order valence-electron chi connectivity index (χ1n) is 5.54. The predicted octanol–water partition coefficient (Wildman–Crippen LogP) is 5.31. The summed E-state index contributed by atoms with van der Waals surface area (Å²) >= 11 is 6.59. The van der Waals surface area contributed by atoms with Gasteiger partial charge in [0.25, 0.3) is 0 Å². The molecule has 0 atom stereocenters. The molecule has 0 fully saturated rings. The molecular formula is C16H9Br2F. The lowest BCUT2D eigenvalue weighted by molar-refractivity contribution is 0.627. The zero-order chi connectivity index (χ0) is 13.7. The predicted molar refractivity (Wildman–Crippen MR) is 84.7 cm³/mol. The standard InChI is InChI=1S/C16H9Br2F/c17-16(18)11-14-8-9-15(19)10-13(14)7-6-12-4-2-1-3-5-12/h1-5,8-11H. The SMILES string of the molecule is Fc1ccc(C=C(Br)Br)c(C#Cc2ccccc2)c1. The molecule has 0 radical (unpaired) electrons. The Morgan fingerprint density at radius 3 is 2.42 bits per heavy atom. The summed E-state index contributed by atoms with van der Waals surface area (Å²) in [6.07, 6.45) is 1.84.